The van der Waals surface area contributed by atoms with E-state index in [9.17, 15) is 9.18 Å². The number of rotatable bonds is 4. The molecule has 2 amide bonds. The van der Waals surface area contributed by atoms with Crippen LogP contribution in [0.3, 0.4) is 0 Å². The van der Waals surface area contributed by atoms with E-state index in [0.717, 1.165) is 11.3 Å². The average Bonchev–Trinajstić information content (AvgIpc) is 2.56. The van der Waals surface area contributed by atoms with Crippen LogP contribution in [0.15, 0.2) is 42.5 Å². The monoisotopic (exact) mass is 326 g/mol. The zero-order valence-corrected chi connectivity index (χ0v) is 13.7. The lowest BCUT2D eigenvalue weighted by Gasteiger charge is -2.07. The molecule has 24 heavy (non-hydrogen) atoms. The van der Waals surface area contributed by atoms with Crippen LogP contribution in [0.1, 0.15) is 11.1 Å². The lowest BCUT2D eigenvalue weighted by molar-refractivity contribution is 0.253. The van der Waals surface area contributed by atoms with Gasteiger partial charge < -0.3 is 15.4 Å². The normalized spacial score (nSPS) is 9.62. The van der Waals surface area contributed by atoms with Gasteiger partial charge >= 0.3 is 6.03 Å². The van der Waals surface area contributed by atoms with Gasteiger partial charge in [-0.15, -0.1) is 0 Å². The van der Waals surface area contributed by atoms with Gasteiger partial charge in [-0.25, -0.2) is 9.18 Å². The van der Waals surface area contributed by atoms with Gasteiger partial charge in [0.2, 0.25) is 0 Å². The van der Waals surface area contributed by atoms with Gasteiger partial charge in [0.25, 0.3) is 0 Å². The molecule has 0 radical (unpaired) electrons. The van der Waals surface area contributed by atoms with Crippen LogP contribution in [0.25, 0.3) is 0 Å². The van der Waals surface area contributed by atoms with Gasteiger partial charge in [0.15, 0.2) is 11.6 Å². The Morgan fingerprint density at radius 2 is 1.92 bits per heavy atom. The summed E-state index contributed by atoms with van der Waals surface area (Å²) in [6.45, 7) is 4.23. The smallest absolute Gasteiger partial charge is 0.319 e. The highest BCUT2D eigenvalue weighted by atomic mass is 19.1. The van der Waals surface area contributed by atoms with Crippen LogP contribution in [0, 0.1) is 31.5 Å². The van der Waals surface area contributed by atoms with Gasteiger partial charge in [0, 0.05) is 5.69 Å². The van der Waals surface area contributed by atoms with Crippen molar-refractivity contribution in [2.45, 2.75) is 13.8 Å². The summed E-state index contributed by atoms with van der Waals surface area (Å²) < 4.78 is 18.5. The summed E-state index contributed by atoms with van der Waals surface area (Å²) in [5.74, 6) is 5.19. The lowest BCUT2D eigenvalue weighted by Crippen LogP contribution is -2.29. The number of amides is 2. The number of hydrogen-bond acceptors (Lipinski definition) is 2. The summed E-state index contributed by atoms with van der Waals surface area (Å²) in [7, 11) is 0. The number of ether oxygens (including phenoxy) is 1. The molecule has 0 aliphatic carbocycles. The van der Waals surface area contributed by atoms with E-state index in [1.807, 2.05) is 32.0 Å². The van der Waals surface area contributed by atoms with Crippen molar-refractivity contribution in [2.75, 3.05) is 18.5 Å². The van der Waals surface area contributed by atoms with Crippen molar-refractivity contribution in [3.8, 4) is 17.6 Å². The van der Waals surface area contributed by atoms with Gasteiger partial charge in [-0.05, 0) is 49.2 Å². The van der Waals surface area contributed by atoms with E-state index in [0.29, 0.717) is 0 Å². The molecule has 0 aliphatic rings. The maximum atomic E-state index is 13.3. The van der Waals surface area contributed by atoms with E-state index < -0.39 is 5.82 Å². The highest BCUT2D eigenvalue weighted by Gasteiger charge is 2.01. The highest BCUT2D eigenvalue weighted by molar-refractivity contribution is 5.89. The van der Waals surface area contributed by atoms with Gasteiger partial charge in [0.05, 0.1) is 6.54 Å². The van der Waals surface area contributed by atoms with Crippen LogP contribution in [0.5, 0.6) is 5.75 Å². The maximum Gasteiger partial charge on any atom is 0.319 e. The molecule has 2 N–H and O–H groups in total. The maximum absolute atomic E-state index is 13.3. The average molecular weight is 326 g/mol. The van der Waals surface area contributed by atoms with Gasteiger partial charge in [-0.2, -0.15) is 0 Å². The highest BCUT2D eigenvalue weighted by Crippen LogP contribution is 2.15. The van der Waals surface area contributed by atoms with Gasteiger partial charge in [-0.1, -0.05) is 30.0 Å². The van der Waals surface area contributed by atoms with Crippen molar-refractivity contribution < 1.29 is 13.9 Å². The minimum Gasteiger partial charge on any atom is -0.478 e. The zero-order valence-electron chi connectivity index (χ0n) is 13.7. The third-order valence-corrected chi connectivity index (χ3v) is 3.36. The fourth-order valence-electron chi connectivity index (χ4n) is 1.91. The van der Waals surface area contributed by atoms with E-state index >= 15 is 0 Å². The first-order chi connectivity index (χ1) is 11.6. The molecule has 0 bridgehead atoms. The first-order valence-corrected chi connectivity index (χ1v) is 7.51. The van der Waals surface area contributed by atoms with Crippen molar-refractivity contribution >= 4 is 11.7 Å². The Bertz CT molecular complexity index is 778. The molecule has 4 nitrogen and oxygen atoms in total. The Morgan fingerprint density at radius 1 is 1.12 bits per heavy atom. The van der Waals surface area contributed by atoms with Crippen LogP contribution in [-0.2, 0) is 0 Å². The SMILES string of the molecule is Cc1ccc(NC(=O)NCC#CCOc2ccccc2F)cc1C. The van der Waals surface area contributed by atoms with Crippen molar-refractivity contribution in [1.29, 1.82) is 0 Å². The fraction of sp³-hybridized carbons (Fsp3) is 0.211. The van der Waals surface area contributed by atoms with Crippen LogP contribution >= 0.6 is 0 Å². The second-order valence-electron chi connectivity index (χ2n) is 5.18. The number of carbonyl (C=O) groups is 1. The molecule has 2 aromatic rings. The number of para-hydroxylation sites is 1. The second-order valence-corrected chi connectivity index (χ2v) is 5.18. The van der Waals surface area contributed by atoms with E-state index in [1.165, 1.54) is 17.7 Å². The lowest BCUT2D eigenvalue weighted by atomic mass is 10.1. The third-order valence-electron chi connectivity index (χ3n) is 3.36. The Hall–Kier alpha value is -3.00. The van der Waals surface area contributed by atoms with Crippen LogP contribution in [-0.4, -0.2) is 19.2 Å². The number of nitrogens with one attached hydrogen (secondary N) is 2. The molecule has 2 aromatic carbocycles. The summed E-state index contributed by atoms with van der Waals surface area (Å²) in [6, 6.07) is 11.5. The number of halogens is 1. The van der Waals surface area contributed by atoms with E-state index in [4.69, 9.17) is 4.74 Å². The summed E-state index contributed by atoms with van der Waals surface area (Å²) in [6.07, 6.45) is 0. The molecule has 124 valence electrons. The molecule has 0 spiro atoms. The van der Waals surface area contributed by atoms with E-state index in [1.54, 1.807) is 12.1 Å². The number of urea groups is 1. The number of anilines is 1. The molecule has 0 saturated carbocycles. The second kappa shape index (κ2) is 8.59. The summed E-state index contributed by atoms with van der Waals surface area (Å²) in [5.41, 5.74) is 3.01. The van der Waals surface area contributed by atoms with Crippen molar-refractivity contribution in [1.82, 2.24) is 5.32 Å². The molecule has 0 atom stereocenters. The number of carbonyl (C=O) groups excluding carboxylic acids is 1. The number of hydrogen-bond donors (Lipinski definition) is 2. The van der Waals surface area contributed by atoms with Gasteiger partial charge in [0.1, 0.15) is 6.61 Å². The van der Waals surface area contributed by atoms with Crippen molar-refractivity contribution in [2.24, 2.45) is 0 Å². The molecule has 0 fully saturated rings. The van der Waals surface area contributed by atoms with Crippen LogP contribution in [0.2, 0.25) is 0 Å². The summed E-state index contributed by atoms with van der Waals surface area (Å²) in [5, 5.41) is 5.36. The number of benzene rings is 2. The fourth-order valence-corrected chi connectivity index (χ4v) is 1.91. The molecule has 0 aliphatic heterocycles. The standard InChI is InChI=1S/C19H19FN2O2/c1-14-9-10-16(13-15(14)2)22-19(23)21-11-5-6-12-24-18-8-4-3-7-17(18)20/h3-4,7-10,13H,11-12H2,1-2H3,(H2,21,22,23). The molecule has 0 saturated heterocycles. The van der Waals surface area contributed by atoms with Crippen LogP contribution < -0.4 is 15.4 Å². The van der Waals surface area contributed by atoms with Crippen molar-refractivity contribution in [3.05, 3.63) is 59.4 Å². The molecule has 0 heterocycles. The predicted molar refractivity (Wildman–Crippen MR) is 92.6 cm³/mol. The summed E-state index contributed by atoms with van der Waals surface area (Å²) in [4.78, 5) is 11.7. The Kier molecular flexibility index (Phi) is 6.21. The zero-order chi connectivity index (χ0) is 17.4. The van der Waals surface area contributed by atoms with E-state index in [2.05, 4.69) is 22.5 Å². The topological polar surface area (TPSA) is 50.4 Å². The Morgan fingerprint density at radius 3 is 2.67 bits per heavy atom. The largest absolute Gasteiger partial charge is 0.478 e. The number of aryl methyl sites for hydroxylation is 2. The van der Waals surface area contributed by atoms with Crippen LogP contribution in [0.4, 0.5) is 14.9 Å². The molecular weight excluding hydrogens is 307 g/mol. The Labute approximate surface area is 141 Å². The molecule has 2 rings (SSSR count). The predicted octanol–water partition coefficient (Wildman–Crippen LogP) is 3.65. The molecule has 0 unspecified atom stereocenters. The molecule has 5 heteroatoms. The Balaban J connectivity index is 1.71. The first kappa shape index (κ1) is 17.4. The van der Waals surface area contributed by atoms with Gasteiger partial charge in [-0.3, -0.25) is 0 Å². The van der Waals surface area contributed by atoms with E-state index in [-0.39, 0.29) is 24.9 Å². The van der Waals surface area contributed by atoms with Crippen molar-refractivity contribution in [3.63, 3.8) is 0 Å². The molecule has 0 aromatic heterocycles. The first-order valence-electron chi connectivity index (χ1n) is 7.51. The quantitative estimate of drug-likeness (QED) is 0.843. The third kappa shape index (κ3) is 5.33. The minimum atomic E-state index is -0.426. The summed E-state index contributed by atoms with van der Waals surface area (Å²) >= 11 is 0. The minimum absolute atomic E-state index is 0.0569. The molecular formula is C19H19FN2O2.